The van der Waals surface area contributed by atoms with E-state index in [1.807, 2.05) is 24.3 Å². The van der Waals surface area contributed by atoms with Crippen molar-refractivity contribution >= 4 is 6.03 Å². The van der Waals surface area contributed by atoms with Crippen LogP contribution in [0.3, 0.4) is 0 Å². The minimum Gasteiger partial charge on any atom is -0.497 e. The molecule has 0 spiro atoms. The minimum absolute atomic E-state index is 0.214. The Kier molecular flexibility index (Phi) is 3.18. The van der Waals surface area contributed by atoms with Gasteiger partial charge >= 0.3 is 6.03 Å². The number of carbonyl (C=O) groups excluding carboxylic acids is 1. The van der Waals surface area contributed by atoms with Gasteiger partial charge in [-0.1, -0.05) is 0 Å². The van der Waals surface area contributed by atoms with Gasteiger partial charge in [-0.15, -0.1) is 0 Å². The number of rotatable bonds is 3. The van der Waals surface area contributed by atoms with Crippen LogP contribution in [0.4, 0.5) is 4.79 Å². The first kappa shape index (κ1) is 11.3. The van der Waals surface area contributed by atoms with Gasteiger partial charge in [0.05, 0.1) is 20.3 Å². The monoisotopic (exact) mass is 234 g/mol. The molecule has 1 aromatic carbocycles. The van der Waals surface area contributed by atoms with Gasteiger partial charge in [-0.25, -0.2) is 4.79 Å². The molecule has 1 aliphatic rings. The molecule has 1 heterocycles. The van der Waals surface area contributed by atoms with Crippen LogP contribution in [-0.4, -0.2) is 20.3 Å². The van der Waals surface area contributed by atoms with Crippen molar-refractivity contribution in [2.24, 2.45) is 0 Å². The third kappa shape index (κ3) is 2.33. The highest BCUT2D eigenvalue weighted by molar-refractivity contribution is 5.77. The van der Waals surface area contributed by atoms with Gasteiger partial charge < -0.3 is 20.1 Å². The second kappa shape index (κ2) is 4.78. The lowest BCUT2D eigenvalue weighted by Crippen LogP contribution is -2.38. The topological polar surface area (TPSA) is 59.6 Å². The summed E-state index contributed by atoms with van der Waals surface area (Å²) < 4.78 is 10.4. The van der Waals surface area contributed by atoms with Gasteiger partial charge in [-0.3, -0.25) is 0 Å². The Balaban J connectivity index is 2.38. The van der Waals surface area contributed by atoms with Gasteiger partial charge in [-0.2, -0.15) is 0 Å². The van der Waals surface area contributed by atoms with E-state index in [0.29, 0.717) is 5.75 Å². The fourth-order valence-corrected chi connectivity index (χ4v) is 1.71. The highest BCUT2D eigenvalue weighted by Gasteiger charge is 2.19. The summed E-state index contributed by atoms with van der Waals surface area (Å²) in [7, 11) is 3.19. The Bertz CT molecular complexity index is 457. The van der Waals surface area contributed by atoms with Crippen LogP contribution in [-0.2, 0) is 0 Å². The van der Waals surface area contributed by atoms with Crippen LogP contribution in [0.15, 0.2) is 30.5 Å². The van der Waals surface area contributed by atoms with E-state index in [2.05, 4.69) is 10.6 Å². The number of amides is 2. The van der Waals surface area contributed by atoms with E-state index in [1.165, 1.54) is 0 Å². The fourth-order valence-electron chi connectivity index (χ4n) is 1.71. The molecule has 0 saturated heterocycles. The Hall–Kier alpha value is -2.17. The first-order valence-electron chi connectivity index (χ1n) is 5.20. The van der Waals surface area contributed by atoms with E-state index in [4.69, 9.17) is 9.47 Å². The summed E-state index contributed by atoms with van der Waals surface area (Å²) >= 11 is 0. The largest absolute Gasteiger partial charge is 0.497 e. The Labute approximate surface area is 99.4 Å². The summed E-state index contributed by atoms with van der Waals surface area (Å²) in [6, 6.07) is 5.03. The maximum absolute atomic E-state index is 11.3. The molecule has 1 unspecified atom stereocenters. The Morgan fingerprint density at radius 2 is 2.06 bits per heavy atom. The van der Waals surface area contributed by atoms with Crippen LogP contribution >= 0.6 is 0 Å². The number of hydrogen-bond acceptors (Lipinski definition) is 3. The third-order valence-corrected chi connectivity index (χ3v) is 2.56. The van der Waals surface area contributed by atoms with Gasteiger partial charge in [0.15, 0.2) is 0 Å². The van der Waals surface area contributed by atoms with Crippen LogP contribution in [0.1, 0.15) is 11.6 Å². The Morgan fingerprint density at radius 3 is 2.71 bits per heavy atom. The number of hydrogen-bond donors (Lipinski definition) is 2. The van der Waals surface area contributed by atoms with Gasteiger partial charge in [-0.05, 0) is 24.3 Å². The third-order valence-electron chi connectivity index (χ3n) is 2.56. The molecule has 17 heavy (non-hydrogen) atoms. The van der Waals surface area contributed by atoms with Crippen molar-refractivity contribution in [2.75, 3.05) is 14.2 Å². The number of carbonyl (C=O) groups is 1. The molecule has 0 fully saturated rings. The molecule has 1 aromatic rings. The molecule has 1 atom stereocenters. The van der Waals surface area contributed by atoms with Crippen molar-refractivity contribution in [3.8, 4) is 11.5 Å². The lowest BCUT2D eigenvalue weighted by atomic mass is 10.0. The van der Waals surface area contributed by atoms with Crippen molar-refractivity contribution in [1.29, 1.82) is 0 Å². The average Bonchev–Trinajstić information content (AvgIpc) is 2.38. The molecular weight excluding hydrogens is 220 g/mol. The van der Waals surface area contributed by atoms with Crippen molar-refractivity contribution in [3.05, 3.63) is 36.0 Å². The minimum atomic E-state index is -0.234. The summed E-state index contributed by atoms with van der Waals surface area (Å²) in [6.45, 7) is 0. The summed E-state index contributed by atoms with van der Waals surface area (Å²) in [5.41, 5.74) is 0.859. The van der Waals surface area contributed by atoms with Crippen LogP contribution in [0, 0.1) is 0 Å². The van der Waals surface area contributed by atoms with Gasteiger partial charge in [0, 0.05) is 11.8 Å². The molecule has 2 rings (SSSR count). The molecule has 0 radical (unpaired) electrons. The van der Waals surface area contributed by atoms with E-state index in [9.17, 15) is 4.79 Å². The van der Waals surface area contributed by atoms with Crippen LogP contribution < -0.4 is 20.1 Å². The number of benzene rings is 1. The molecule has 90 valence electrons. The van der Waals surface area contributed by atoms with Crippen molar-refractivity contribution < 1.29 is 14.3 Å². The SMILES string of the molecule is COc1ccc(OC)c(C2C=CNC(=O)N2)c1. The number of urea groups is 1. The molecule has 5 heteroatoms. The van der Waals surface area contributed by atoms with E-state index in [1.54, 1.807) is 20.4 Å². The van der Waals surface area contributed by atoms with Crippen LogP contribution in [0.5, 0.6) is 11.5 Å². The van der Waals surface area contributed by atoms with Gasteiger partial charge in [0.25, 0.3) is 0 Å². The van der Waals surface area contributed by atoms with E-state index >= 15 is 0 Å². The molecule has 2 amide bonds. The molecular formula is C12H14N2O3. The predicted octanol–water partition coefficient (Wildman–Crippen LogP) is 1.57. The van der Waals surface area contributed by atoms with Gasteiger partial charge in [0.1, 0.15) is 11.5 Å². The number of ether oxygens (including phenoxy) is 2. The average molecular weight is 234 g/mol. The van der Waals surface area contributed by atoms with Crippen molar-refractivity contribution in [3.63, 3.8) is 0 Å². The summed E-state index contributed by atoms with van der Waals surface area (Å²) in [5, 5.41) is 5.33. The normalized spacial score (nSPS) is 18.2. The zero-order valence-electron chi connectivity index (χ0n) is 9.69. The molecule has 5 nitrogen and oxygen atoms in total. The standard InChI is InChI=1S/C12H14N2O3/c1-16-8-3-4-11(17-2)9(7-8)10-5-6-13-12(15)14-10/h3-7,10H,1-2H3,(H2,13,14,15). The summed E-state index contributed by atoms with van der Waals surface area (Å²) in [6.07, 6.45) is 3.46. The predicted molar refractivity (Wildman–Crippen MR) is 63.1 cm³/mol. The summed E-state index contributed by atoms with van der Waals surface area (Å²) in [5.74, 6) is 1.43. The van der Waals surface area contributed by atoms with Crippen LogP contribution in [0.25, 0.3) is 0 Å². The highest BCUT2D eigenvalue weighted by Crippen LogP contribution is 2.30. The zero-order valence-corrected chi connectivity index (χ0v) is 9.69. The van der Waals surface area contributed by atoms with Crippen LogP contribution in [0.2, 0.25) is 0 Å². The number of methoxy groups -OCH3 is 2. The highest BCUT2D eigenvalue weighted by atomic mass is 16.5. The molecule has 0 saturated carbocycles. The van der Waals surface area contributed by atoms with E-state index < -0.39 is 0 Å². The Morgan fingerprint density at radius 1 is 1.24 bits per heavy atom. The van der Waals surface area contributed by atoms with Gasteiger partial charge in [0.2, 0.25) is 0 Å². The summed E-state index contributed by atoms with van der Waals surface area (Å²) in [4.78, 5) is 11.3. The zero-order chi connectivity index (χ0) is 12.3. The number of nitrogens with one attached hydrogen (secondary N) is 2. The fraction of sp³-hybridized carbons (Fsp3) is 0.250. The lowest BCUT2D eigenvalue weighted by molar-refractivity contribution is 0.240. The van der Waals surface area contributed by atoms with E-state index in [0.717, 1.165) is 11.3 Å². The van der Waals surface area contributed by atoms with Crippen molar-refractivity contribution in [2.45, 2.75) is 6.04 Å². The first-order valence-corrected chi connectivity index (χ1v) is 5.20. The maximum Gasteiger partial charge on any atom is 0.319 e. The molecule has 1 aliphatic heterocycles. The quantitative estimate of drug-likeness (QED) is 0.834. The van der Waals surface area contributed by atoms with Crippen molar-refractivity contribution in [1.82, 2.24) is 10.6 Å². The van der Waals surface area contributed by atoms with E-state index in [-0.39, 0.29) is 12.1 Å². The second-order valence-electron chi connectivity index (χ2n) is 3.56. The maximum atomic E-state index is 11.3. The molecule has 2 N–H and O–H groups in total. The molecule has 0 bridgehead atoms. The first-order chi connectivity index (χ1) is 8.24. The second-order valence-corrected chi connectivity index (χ2v) is 3.56. The lowest BCUT2D eigenvalue weighted by Gasteiger charge is -2.21. The smallest absolute Gasteiger partial charge is 0.319 e. The molecule has 0 aromatic heterocycles. The molecule has 0 aliphatic carbocycles.